The molecule has 3 aromatic carbocycles. The number of hydrogen-bond acceptors (Lipinski definition) is 6. The van der Waals surface area contributed by atoms with Crippen LogP contribution in [0, 0.1) is 6.92 Å². The van der Waals surface area contributed by atoms with Gasteiger partial charge in [0.1, 0.15) is 12.6 Å². The molecular formula is C31H39N3O6S. The Bertz CT molecular complexity index is 1430. The Balaban J connectivity index is 2.11. The van der Waals surface area contributed by atoms with Crippen molar-refractivity contribution in [2.45, 2.75) is 57.6 Å². The van der Waals surface area contributed by atoms with E-state index in [2.05, 4.69) is 5.32 Å². The molecule has 10 heteroatoms. The summed E-state index contributed by atoms with van der Waals surface area (Å²) in [7, 11) is -1.27. The van der Waals surface area contributed by atoms with Gasteiger partial charge in [0, 0.05) is 18.7 Å². The first-order valence-corrected chi connectivity index (χ1v) is 14.9. The van der Waals surface area contributed by atoms with Crippen LogP contribution in [0.2, 0.25) is 0 Å². The van der Waals surface area contributed by atoms with Crippen LogP contribution >= 0.6 is 0 Å². The number of methoxy groups -OCH3 is 2. The lowest BCUT2D eigenvalue weighted by Gasteiger charge is -2.33. The molecule has 41 heavy (non-hydrogen) atoms. The second kappa shape index (κ2) is 14.0. The van der Waals surface area contributed by atoms with Crippen LogP contribution in [0.4, 0.5) is 5.69 Å². The van der Waals surface area contributed by atoms with Crippen molar-refractivity contribution in [3.05, 3.63) is 83.9 Å². The summed E-state index contributed by atoms with van der Waals surface area (Å²) in [5.41, 5.74) is 1.93. The highest BCUT2D eigenvalue weighted by Crippen LogP contribution is 2.34. The summed E-state index contributed by atoms with van der Waals surface area (Å²) in [4.78, 5) is 28.8. The van der Waals surface area contributed by atoms with E-state index in [0.29, 0.717) is 17.9 Å². The zero-order valence-electron chi connectivity index (χ0n) is 24.5. The van der Waals surface area contributed by atoms with Crippen LogP contribution in [0.15, 0.2) is 77.7 Å². The Morgan fingerprint density at radius 1 is 0.902 bits per heavy atom. The molecule has 0 aliphatic heterocycles. The molecule has 9 nitrogen and oxygen atoms in total. The van der Waals surface area contributed by atoms with Gasteiger partial charge in [-0.25, -0.2) is 8.42 Å². The highest BCUT2D eigenvalue weighted by molar-refractivity contribution is 7.92. The van der Waals surface area contributed by atoms with Gasteiger partial charge in [-0.2, -0.15) is 0 Å². The number of sulfonamides is 1. The summed E-state index contributed by atoms with van der Waals surface area (Å²) in [5.74, 6) is -0.0984. The highest BCUT2D eigenvalue weighted by Gasteiger charge is 2.34. The van der Waals surface area contributed by atoms with E-state index in [1.807, 2.05) is 58.0 Å². The van der Waals surface area contributed by atoms with Crippen LogP contribution in [-0.2, 0) is 26.2 Å². The molecule has 0 unspecified atom stereocenters. The third-order valence-electron chi connectivity index (χ3n) is 6.56. The smallest absolute Gasteiger partial charge is 0.264 e. The Hall–Kier alpha value is -4.05. The van der Waals surface area contributed by atoms with Crippen molar-refractivity contribution in [2.75, 3.05) is 25.1 Å². The number of rotatable bonds is 13. The van der Waals surface area contributed by atoms with Crippen LogP contribution in [0.3, 0.4) is 0 Å². The van der Waals surface area contributed by atoms with E-state index in [9.17, 15) is 18.0 Å². The number of aryl methyl sites for hydroxylation is 1. The van der Waals surface area contributed by atoms with Crippen LogP contribution in [0.5, 0.6) is 11.5 Å². The molecule has 1 N–H and O–H groups in total. The van der Waals surface area contributed by atoms with Crippen molar-refractivity contribution in [1.29, 1.82) is 0 Å². The lowest BCUT2D eigenvalue weighted by atomic mass is 10.1. The van der Waals surface area contributed by atoms with Gasteiger partial charge in [-0.05, 0) is 57.0 Å². The van der Waals surface area contributed by atoms with Gasteiger partial charge >= 0.3 is 0 Å². The molecule has 0 fully saturated rings. The number of amides is 2. The number of benzene rings is 3. The molecule has 0 aromatic heterocycles. The quantitative estimate of drug-likeness (QED) is 0.318. The molecular weight excluding hydrogens is 542 g/mol. The summed E-state index contributed by atoms with van der Waals surface area (Å²) in [6.45, 7) is 6.98. The van der Waals surface area contributed by atoms with Crippen molar-refractivity contribution in [3.8, 4) is 11.5 Å². The number of carbonyl (C=O) groups excluding carboxylic acids is 2. The summed E-state index contributed by atoms with van der Waals surface area (Å²) < 4.78 is 39.9. The molecule has 0 saturated carbocycles. The fraction of sp³-hybridized carbons (Fsp3) is 0.355. The van der Waals surface area contributed by atoms with E-state index in [-0.39, 0.29) is 29.1 Å². The van der Waals surface area contributed by atoms with E-state index in [1.165, 1.54) is 37.3 Å². The third-order valence-corrected chi connectivity index (χ3v) is 8.34. The van der Waals surface area contributed by atoms with Gasteiger partial charge < -0.3 is 19.7 Å². The summed E-state index contributed by atoms with van der Waals surface area (Å²) in [6.07, 6.45) is 0.345. The first-order valence-electron chi connectivity index (χ1n) is 13.5. The first kappa shape index (κ1) is 31.5. The van der Waals surface area contributed by atoms with E-state index in [1.54, 1.807) is 24.3 Å². The van der Waals surface area contributed by atoms with E-state index in [0.717, 1.165) is 15.4 Å². The fourth-order valence-corrected chi connectivity index (χ4v) is 5.83. The number of hydrogen-bond donors (Lipinski definition) is 1. The van der Waals surface area contributed by atoms with Crippen molar-refractivity contribution in [1.82, 2.24) is 10.2 Å². The zero-order chi connectivity index (χ0) is 30.2. The van der Waals surface area contributed by atoms with E-state index in [4.69, 9.17) is 9.47 Å². The van der Waals surface area contributed by atoms with Gasteiger partial charge in [0.25, 0.3) is 10.0 Å². The monoisotopic (exact) mass is 581 g/mol. The van der Waals surface area contributed by atoms with Gasteiger partial charge in [0.2, 0.25) is 11.8 Å². The van der Waals surface area contributed by atoms with Crippen molar-refractivity contribution < 1.29 is 27.5 Å². The normalized spacial score (nSPS) is 12.0. The molecule has 3 rings (SSSR count). The number of anilines is 1. The molecule has 1 atom stereocenters. The largest absolute Gasteiger partial charge is 0.493 e. The van der Waals surface area contributed by atoms with Gasteiger partial charge in [-0.3, -0.25) is 13.9 Å². The average molecular weight is 582 g/mol. The second-order valence-corrected chi connectivity index (χ2v) is 11.8. The first-order chi connectivity index (χ1) is 19.5. The molecule has 0 aliphatic carbocycles. The lowest BCUT2D eigenvalue weighted by molar-refractivity contribution is -0.140. The zero-order valence-corrected chi connectivity index (χ0v) is 25.3. The summed E-state index contributed by atoms with van der Waals surface area (Å²) >= 11 is 0. The minimum absolute atomic E-state index is 0.0323. The highest BCUT2D eigenvalue weighted by atomic mass is 32.2. The molecule has 0 heterocycles. The molecule has 3 aromatic rings. The molecule has 0 bridgehead atoms. The predicted molar refractivity (Wildman–Crippen MR) is 160 cm³/mol. The minimum Gasteiger partial charge on any atom is -0.493 e. The van der Waals surface area contributed by atoms with Gasteiger partial charge in [-0.1, -0.05) is 55.0 Å². The van der Waals surface area contributed by atoms with E-state index < -0.39 is 28.5 Å². The molecule has 0 radical (unpaired) electrons. The molecule has 0 saturated heterocycles. The number of nitrogens with zero attached hydrogens (tertiary/aromatic N) is 2. The molecule has 0 spiro atoms. The maximum Gasteiger partial charge on any atom is 0.264 e. The Morgan fingerprint density at radius 3 is 2.10 bits per heavy atom. The lowest BCUT2D eigenvalue weighted by Crippen LogP contribution is -2.53. The van der Waals surface area contributed by atoms with Gasteiger partial charge in [0.05, 0.1) is 24.8 Å². The summed E-state index contributed by atoms with van der Waals surface area (Å²) in [5, 5.41) is 2.89. The maximum absolute atomic E-state index is 14.1. The SMILES string of the molecule is CC[C@@H](C(=O)NC(C)C)N(Cc1ccccc1)C(=O)CN(c1ccc(OC)c(OC)c1)S(=O)(=O)c1ccc(C)cc1. The number of nitrogens with one attached hydrogen (secondary N) is 1. The van der Waals surface area contributed by atoms with Crippen molar-refractivity contribution in [3.63, 3.8) is 0 Å². The summed E-state index contributed by atoms with van der Waals surface area (Å²) in [6, 6.07) is 19.4. The average Bonchev–Trinajstić information content (AvgIpc) is 2.95. The number of ether oxygens (including phenoxy) is 2. The molecule has 0 aliphatic rings. The Labute approximate surface area is 243 Å². The Morgan fingerprint density at radius 2 is 1.54 bits per heavy atom. The number of carbonyl (C=O) groups is 2. The predicted octanol–water partition coefficient (Wildman–Crippen LogP) is 4.54. The van der Waals surface area contributed by atoms with Gasteiger partial charge in [-0.15, -0.1) is 0 Å². The van der Waals surface area contributed by atoms with Crippen LogP contribution in [0.1, 0.15) is 38.3 Å². The minimum atomic E-state index is -4.20. The van der Waals surface area contributed by atoms with E-state index >= 15 is 0 Å². The molecule has 2 amide bonds. The van der Waals surface area contributed by atoms with Crippen LogP contribution < -0.4 is 19.1 Å². The van der Waals surface area contributed by atoms with Crippen LogP contribution in [0.25, 0.3) is 0 Å². The standard InChI is InChI=1S/C31H39N3O6S/c1-7-27(31(36)32-22(2)3)33(20-24-11-9-8-10-12-24)30(35)21-34(25-15-18-28(39-5)29(19-25)40-6)41(37,38)26-16-13-23(4)14-17-26/h8-19,22,27H,7,20-21H2,1-6H3,(H,32,36)/t27-/m0/s1. The van der Waals surface area contributed by atoms with Crippen molar-refractivity contribution >= 4 is 27.5 Å². The third kappa shape index (κ3) is 7.79. The van der Waals surface area contributed by atoms with Gasteiger partial charge in [0.15, 0.2) is 11.5 Å². The molecule has 220 valence electrons. The second-order valence-electron chi connectivity index (χ2n) is 9.96. The maximum atomic E-state index is 14.1. The van der Waals surface area contributed by atoms with Crippen LogP contribution in [-0.4, -0.2) is 58.0 Å². The fourth-order valence-electron chi connectivity index (χ4n) is 4.43. The topological polar surface area (TPSA) is 105 Å². The Kier molecular flexibility index (Phi) is 10.8. The van der Waals surface area contributed by atoms with Crippen molar-refractivity contribution in [2.24, 2.45) is 0 Å².